The summed E-state index contributed by atoms with van der Waals surface area (Å²) in [6.45, 7) is 5.88. The van der Waals surface area contributed by atoms with Crippen LogP contribution in [-0.2, 0) is 11.3 Å². The molecular weight excluding hydrogens is 236 g/mol. The minimum absolute atomic E-state index is 0.263. The number of unbranched alkanes of at least 4 members (excludes halogenated alkanes) is 1. The van der Waals surface area contributed by atoms with Crippen LogP contribution in [0.15, 0.2) is 18.2 Å². The van der Waals surface area contributed by atoms with Gasteiger partial charge >= 0.3 is 0 Å². The van der Waals surface area contributed by atoms with Crippen molar-refractivity contribution in [2.45, 2.75) is 39.3 Å². The highest BCUT2D eigenvalue weighted by Crippen LogP contribution is 2.10. The molecule has 0 aliphatic heterocycles. The zero-order chi connectivity index (χ0) is 13.4. The molecule has 18 heavy (non-hydrogen) atoms. The fourth-order valence-electron chi connectivity index (χ4n) is 1.58. The summed E-state index contributed by atoms with van der Waals surface area (Å²) < 4.78 is 31.6. The van der Waals surface area contributed by atoms with Crippen molar-refractivity contribution >= 4 is 0 Å². The van der Waals surface area contributed by atoms with E-state index in [1.165, 1.54) is 6.07 Å². The molecule has 0 spiro atoms. The first kappa shape index (κ1) is 15.1. The highest BCUT2D eigenvalue weighted by molar-refractivity contribution is 5.18. The van der Waals surface area contributed by atoms with Crippen LogP contribution in [0, 0.1) is 11.6 Å². The molecular formula is C14H21F2NO. The highest BCUT2D eigenvalue weighted by Gasteiger charge is 2.06. The summed E-state index contributed by atoms with van der Waals surface area (Å²) in [6.07, 6.45) is 2.19. The smallest absolute Gasteiger partial charge is 0.163 e. The standard InChI is InChI=1S/C14H21F2NO/c1-11(2)18-9-4-3-8-17-10-12-6-5-7-13(15)14(12)16/h5-7,11,17H,3-4,8-10H2,1-2H3. The first-order valence-corrected chi connectivity index (χ1v) is 6.36. The molecule has 0 heterocycles. The van der Waals surface area contributed by atoms with Gasteiger partial charge in [0.25, 0.3) is 0 Å². The molecule has 0 amide bonds. The molecule has 0 saturated carbocycles. The van der Waals surface area contributed by atoms with E-state index in [2.05, 4.69) is 5.32 Å². The molecule has 0 aliphatic carbocycles. The Kier molecular flexibility index (Phi) is 6.83. The quantitative estimate of drug-likeness (QED) is 0.722. The van der Waals surface area contributed by atoms with Crippen LogP contribution in [0.1, 0.15) is 32.3 Å². The van der Waals surface area contributed by atoms with Crippen LogP contribution >= 0.6 is 0 Å². The fourth-order valence-corrected chi connectivity index (χ4v) is 1.58. The lowest BCUT2D eigenvalue weighted by atomic mass is 10.2. The van der Waals surface area contributed by atoms with Crippen LogP contribution in [-0.4, -0.2) is 19.3 Å². The molecule has 102 valence electrons. The van der Waals surface area contributed by atoms with Crippen molar-refractivity contribution in [3.05, 3.63) is 35.4 Å². The Bertz CT molecular complexity index is 356. The summed E-state index contributed by atoms with van der Waals surface area (Å²) in [4.78, 5) is 0. The Morgan fingerprint density at radius 3 is 2.72 bits per heavy atom. The maximum atomic E-state index is 13.3. The molecule has 1 rings (SSSR count). The number of benzene rings is 1. The molecule has 0 aliphatic rings. The zero-order valence-electron chi connectivity index (χ0n) is 11.0. The van der Waals surface area contributed by atoms with Gasteiger partial charge in [-0.1, -0.05) is 12.1 Å². The molecule has 0 radical (unpaired) electrons. The normalized spacial score (nSPS) is 11.2. The van der Waals surface area contributed by atoms with Gasteiger partial charge in [-0.2, -0.15) is 0 Å². The number of ether oxygens (including phenoxy) is 1. The number of nitrogens with one attached hydrogen (secondary N) is 1. The van der Waals surface area contributed by atoms with Crippen LogP contribution in [0.2, 0.25) is 0 Å². The maximum absolute atomic E-state index is 13.3. The van der Waals surface area contributed by atoms with Crippen molar-refractivity contribution in [1.82, 2.24) is 5.32 Å². The Hall–Kier alpha value is -1.00. The molecule has 0 atom stereocenters. The van der Waals surface area contributed by atoms with E-state index in [0.717, 1.165) is 32.1 Å². The lowest BCUT2D eigenvalue weighted by molar-refractivity contribution is 0.0760. The molecule has 0 saturated heterocycles. The lowest BCUT2D eigenvalue weighted by Crippen LogP contribution is -2.16. The van der Waals surface area contributed by atoms with Crippen LogP contribution in [0.3, 0.4) is 0 Å². The van der Waals surface area contributed by atoms with E-state index >= 15 is 0 Å². The van der Waals surface area contributed by atoms with Crippen molar-refractivity contribution in [2.24, 2.45) is 0 Å². The first-order valence-electron chi connectivity index (χ1n) is 6.36. The predicted octanol–water partition coefficient (Wildman–Crippen LogP) is 3.26. The molecule has 1 aromatic carbocycles. The van der Waals surface area contributed by atoms with Crippen molar-refractivity contribution in [3.63, 3.8) is 0 Å². The minimum Gasteiger partial charge on any atom is -0.379 e. The number of halogens is 2. The monoisotopic (exact) mass is 257 g/mol. The Morgan fingerprint density at radius 1 is 1.22 bits per heavy atom. The van der Waals surface area contributed by atoms with Gasteiger partial charge in [0.05, 0.1) is 6.10 Å². The summed E-state index contributed by atoms with van der Waals surface area (Å²) in [7, 11) is 0. The number of hydrogen-bond acceptors (Lipinski definition) is 2. The van der Waals surface area contributed by atoms with E-state index in [-0.39, 0.29) is 6.10 Å². The van der Waals surface area contributed by atoms with Crippen LogP contribution < -0.4 is 5.32 Å². The average molecular weight is 257 g/mol. The summed E-state index contributed by atoms with van der Waals surface area (Å²) >= 11 is 0. The van der Waals surface area contributed by atoms with E-state index in [1.807, 2.05) is 13.8 Å². The van der Waals surface area contributed by atoms with Crippen molar-refractivity contribution in [2.75, 3.05) is 13.2 Å². The second-order valence-corrected chi connectivity index (χ2v) is 4.52. The van der Waals surface area contributed by atoms with Crippen molar-refractivity contribution < 1.29 is 13.5 Å². The SMILES string of the molecule is CC(C)OCCCCNCc1cccc(F)c1F. The predicted molar refractivity (Wildman–Crippen MR) is 68.4 cm³/mol. The minimum atomic E-state index is -0.792. The third-order valence-corrected chi connectivity index (χ3v) is 2.55. The van der Waals surface area contributed by atoms with Gasteiger partial charge in [0.1, 0.15) is 0 Å². The molecule has 4 heteroatoms. The van der Waals surface area contributed by atoms with E-state index in [1.54, 1.807) is 6.07 Å². The van der Waals surface area contributed by atoms with E-state index in [9.17, 15) is 8.78 Å². The molecule has 0 unspecified atom stereocenters. The maximum Gasteiger partial charge on any atom is 0.163 e. The summed E-state index contributed by atoms with van der Waals surface area (Å²) in [5.41, 5.74) is 0.369. The van der Waals surface area contributed by atoms with E-state index < -0.39 is 11.6 Å². The number of rotatable bonds is 8. The summed E-state index contributed by atoms with van der Waals surface area (Å²) in [5.74, 6) is -1.55. The molecule has 0 fully saturated rings. The molecule has 1 N–H and O–H groups in total. The van der Waals surface area contributed by atoms with E-state index in [0.29, 0.717) is 12.1 Å². The largest absolute Gasteiger partial charge is 0.379 e. The third kappa shape index (κ3) is 5.56. The van der Waals surface area contributed by atoms with Gasteiger partial charge in [0.2, 0.25) is 0 Å². The Labute approximate surface area is 107 Å². The van der Waals surface area contributed by atoms with E-state index in [4.69, 9.17) is 4.74 Å². The van der Waals surface area contributed by atoms with Gasteiger partial charge in [-0.25, -0.2) is 8.78 Å². The van der Waals surface area contributed by atoms with Gasteiger partial charge in [0.15, 0.2) is 11.6 Å². The van der Waals surface area contributed by atoms with Crippen molar-refractivity contribution in [1.29, 1.82) is 0 Å². The second-order valence-electron chi connectivity index (χ2n) is 4.52. The van der Waals surface area contributed by atoms with Crippen LogP contribution in [0.5, 0.6) is 0 Å². The van der Waals surface area contributed by atoms with Gasteiger partial charge in [0, 0.05) is 18.7 Å². The Morgan fingerprint density at radius 2 is 2.00 bits per heavy atom. The molecule has 0 bridgehead atoms. The lowest BCUT2D eigenvalue weighted by Gasteiger charge is -2.08. The average Bonchev–Trinajstić information content (AvgIpc) is 2.32. The van der Waals surface area contributed by atoms with Crippen molar-refractivity contribution in [3.8, 4) is 0 Å². The first-order chi connectivity index (χ1) is 8.61. The van der Waals surface area contributed by atoms with Gasteiger partial charge in [-0.05, 0) is 39.3 Å². The highest BCUT2D eigenvalue weighted by atomic mass is 19.2. The number of hydrogen-bond donors (Lipinski definition) is 1. The second kappa shape index (κ2) is 8.16. The van der Waals surface area contributed by atoms with Gasteiger partial charge in [-0.15, -0.1) is 0 Å². The molecule has 0 aromatic heterocycles. The molecule has 2 nitrogen and oxygen atoms in total. The summed E-state index contributed by atoms with van der Waals surface area (Å²) in [5, 5.41) is 3.10. The molecule has 1 aromatic rings. The van der Waals surface area contributed by atoms with Gasteiger partial charge < -0.3 is 10.1 Å². The third-order valence-electron chi connectivity index (χ3n) is 2.55. The fraction of sp³-hybridized carbons (Fsp3) is 0.571. The zero-order valence-corrected chi connectivity index (χ0v) is 11.0. The summed E-state index contributed by atoms with van der Waals surface area (Å²) in [6, 6.07) is 4.24. The van der Waals surface area contributed by atoms with Crippen LogP contribution in [0.25, 0.3) is 0 Å². The Balaban J connectivity index is 2.13. The van der Waals surface area contributed by atoms with Crippen LogP contribution in [0.4, 0.5) is 8.78 Å². The topological polar surface area (TPSA) is 21.3 Å². The van der Waals surface area contributed by atoms with Gasteiger partial charge in [-0.3, -0.25) is 0 Å².